The quantitative estimate of drug-likeness (QED) is 0.378. The Hall–Kier alpha value is -0.740. The Balaban J connectivity index is 3.24. The Labute approximate surface area is 81.9 Å². The average Bonchev–Trinajstić information content (AvgIpc) is 2.16. The van der Waals surface area contributed by atoms with Gasteiger partial charge in [0.1, 0.15) is 0 Å². The maximum absolute atomic E-state index is 9.08. The molecule has 0 spiro atoms. The van der Waals surface area contributed by atoms with E-state index in [1.165, 1.54) is 31.8 Å². The van der Waals surface area contributed by atoms with E-state index in [1.54, 1.807) is 0 Å². The predicted molar refractivity (Wildman–Crippen MR) is 57.4 cm³/mol. The van der Waals surface area contributed by atoms with Crippen molar-refractivity contribution in [2.75, 3.05) is 0 Å². The molecule has 74 valence electrons. The number of aliphatic hydroxyl groups excluding tert-OH is 1. The van der Waals surface area contributed by atoms with Gasteiger partial charge in [-0.05, 0) is 6.42 Å². The van der Waals surface area contributed by atoms with E-state index in [0.29, 0.717) is 6.42 Å². The van der Waals surface area contributed by atoms with Crippen molar-refractivity contribution in [3.63, 3.8) is 0 Å². The van der Waals surface area contributed by atoms with Crippen molar-refractivity contribution in [2.45, 2.75) is 51.6 Å². The normalized spacial score (nSPS) is 11.5. The van der Waals surface area contributed by atoms with E-state index in [1.807, 2.05) is 0 Å². The molecule has 0 aromatic rings. The predicted octanol–water partition coefficient (Wildman–Crippen LogP) is 2.90. The summed E-state index contributed by atoms with van der Waals surface area (Å²) in [6, 6.07) is 0. The molecule has 0 aliphatic rings. The molecule has 1 atom stereocenters. The summed E-state index contributed by atoms with van der Waals surface area (Å²) in [5.41, 5.74) is 0. The second-order valence-corrected chi connectivity index (χ2v) is 3.17. The molecule has 0 saturated carbocycles. The molecule has 0 heterocycles. The first-order chi connectivity index (χ1) is 6.31. The zero-order valence-corrected chi connectivity index (χ0v) is 8.55. The first-order valence-corrected chi connectivity index (χ1v) is 5.07. The van der Waals surface area contributed by atoms with Crippen molar-refractivity contribution in [3.8, 4) is 11.8 Å². The van der Waals surface area contributed by atoms with Crippen LogP contribution in [0, 0.1) is 11.8 Å². The third kappa shape index (κ3) is 9.17. The van der Waals surface area contributed by atoms with Crippen LogP contribution in [-0.4, -0.2) is 11.2 Å². The lowest BCUT2D eigenvalue weighted by Gasteiger charge is -1.95. The molecule has 0 aliphatic heterocycles. The summed E-state index contributed by atoms with van der Waals surface area (Å²) in [7, 11) is 0. The second-order valence-electron chi connectivity index (χ2n) is 3.17. The van der Waals surface area contributed by atoms with Crippen molar-refractivity contribution >= 4 is 0 Å². The van der Waals surface area contributed by atoms with Gasteiger partial charge in [-0.25, -0.2) is 0 Å². The van der Waals surface area contributed by atoms with Crippen molar-refractivity contribution < 1.29 is 5.11 Å². The van der Waals surface area contributed by atoms with Crippen LogP contribution in [0.15, 0.2) is 12.7 Å². The van der Waals surface area contributed by atoms with Gasteiger partial charge in [-0.1, -0.05) is 32.3 Å². The fourth-order valence-corrected chi connectivity index (χ4v) is 0.989. The maximum Gasteiger partial charge on any atom is 0.0827 e. The SMILES string of the molecule is C=C[C@H](O)CC#CCCCCCC. The van der Waals surface area contributed by atoms with Gasteiger partial charge in [0.2, 0.25) is 0 Å². The lowest BCUT2D eigenvalue weighted by Crippen LogP contribution is -1.97. The Morgan fingerprint density at radius 2 is 2.08 bits per heavy atom. The highest BCUT2D eigenvalue weighted by atomic mass is 16.3. The molecule has 0 aromatic heterocycles. The summed E-state index contributed by atoms with van der Waals surface area (Å²) in [4.78, 5) is 0. The van der Waals surface area contributed by atoms with Crippen molar-refractivity contribution in [1.29, 1.82) is 0 Å². The molecule has 0 aliphatic carbocycles. The van der Waals surface area contributed by atoms with E-state index in [4.69, 9.17) is 5.11 Å². The Morgan fingerprint density at radius 3 is 2.69 bits per heavy atom. The van der Waals surface area contributed by atoms with Crippen LogP contribution in [0.5, 0.6) is 0 Å². The number of rotatable bonds is 6. The molecule has 0 unspecified atom stereocenters. The molecule has 0 fully saturated rings. The third-order valence-electron chi connectivity index (χ3n) is 1.86. The number of unbranched alkanes of at least 4 members (excludes halogenated alkanes) is 4. The minimum absolute atomic E-state index is 0.455. The first-order valence-electron chi connectivity index (χ1n) is 5.07. The van der Waals surface area contributed by atoms with Crippen molar-refractivity contribution in [2.24, 2.45) is 0 Å². The van der Waals surface area contributed by atoms with Gasteiger partial charge in [0, 0.05) is 12.8 Å². The Kier molecular flexibility index (Phi) is 8.82. The highest BCUT2D eigenvalue weighted by Gasteiger charge is 1.91. The fraction of sp³-hybridized carbons (Fsp3) is 0.667. The second kappa shape index (κ2) is 9.35. The van der Waals surface area contributed by atoms with Crippen LogP contribution in [0.25, 0.3) is 0 Å². The van der Waals surface area contributed by atoms with Gasteiger partial charge >= 0.3 is 0 Å². The van der Waals surface area contributed by atoms with Crippen molar-refractivity contribution in [1.82, 2.24) is 0 Å². The van der Waals surface area contributed by atoms with Gasteiger partial charge in [0.25, 0.3) is 0 Å². The highest BCUT2D eigenvalue weighted by molar-refractivity contribution is 5.02. The van der Waals surface area contributed by atoms with Crippen LogP contribution in [0.1, 0.15) is 45.4 Å². The minimum Gasteiger partial charge on any atom is -0.388 e. The van der Waals surface area contributed by atoms with Gasteiger partial charge in [0.15, 0.2) is 0 Å². The molecular formula is C12H20O. The summed E-state index contributed by atoms with van der Waals surface area (Å²) >= 11 is 0. The largest absolute Gasteiger partial charge is 0.388 e. The van der Waals surface area contributed by atoms with Gasteiger partial charge < -0.3 is 5.11 Å². The summed E-state index contributed by atoms with van der Waals surface area (Å²) in [6.45, 7) is 5.68. The lowest BCUT2D eigenvalue weighted by molar-refractivity contribution is 0.230. The van der Waals surface area contributed by atoms with Gasteiger partial charge in [0.05, 0.1) is 6.10 Å². The average molecular weight is 180 g/mol. The van der Waals surface area contributed by atoms with Crippen LogP contribution >= 0.6 is 0 Å². The third-order valence-corrected chi connectivity index (χ3v) is 1.86. The molecule has 0 bridgehead atoms. The molecule has 13 heavy (non-hydrogen) atoms. The molecule has 0 radical (unpaired) electrons. The van der Waals surface area contributed by atoms with Crippen LogP contribution in [0.2, 0.25) is 0 Å². The summed E-state index contributed by atoms with van der Waals surface area (Å²) in [5, 5.41) is 9.08. The zero-order valence-electron chi connectivity index (χ0n) is 8.55. The maximum atomic E-state index is 9.08. The molecule has 0 aromatic carbocycles. The van der Waals surface area contributed by atoms with Crippen LogP contribution in [0.4, 0.5) is 0 Å². The van der Waals surface area contributed by atoms with Gasteiger partial charge in [-0.15, -0.1) is 18.4 Å². The van der Waals surface area contributed by atoms with E-state index in [9.17, 15) is 0 Å². The fourth-order valence-electron chi connectivity index (χ4n) is 0.989. The zero-order chi connectivity index (χ0) is 9.94. The van der Waals surface area contributed by atoms with Crippen LogP contribution < -0.4 is 0 Å². The van der Waals surface area contributed by atoms with E-state index in [2.05, 4.69) is 25.3 Å². The van der Waals surface area contributed by atoms with E-state index in [-0.39, 0.29) is 0 Å². The standard InChI is InChI=1S/C12H20O/c1-3-5-6-7-8-9-10-11-12(13)4-2/h4,12-13H,2-3,5-8,11H2,1H3/t12-/m0/s1. The van der Waals surface area contributed by atoms with Gasteiger partial charge in [-0.2, -0.15) is 0 Å². The highest BCUT2D eigenvalue weighted by Crippen LogP contribution is 2.01. The van der Waals surface area contributed by atoms with Gasteiger partial charge in [-0.3, -0.25) is 0 Å². The molecular weight excluding hydrogens is 160 g/mol. The molecule has 0 rings (SSSR count). The molecule has 1 heteroatoms. The van der Waals surface area contributed by atoms with Crippen molar-refractivity contribution in [3.05, 3.63) is 12.7 Å². The molecule has 0 saturated heterocycles. The molecule has 1 N–H and O–H groups in total. The van der Waals surface area contributed by atoms with E-state index in [0.717, 1.165) is 6.42 Å². The molecule has 0 amide bonds. The first kappa shape index (κ1) is 12.3. The van der Waals surface area contributed by atoms with Crippen LogP contribution in [-0.2, 0) is 0 Å². The summed E-state index contributed by atoms with van der Waals surface area (Å²) in [5.74, 6) is 5.99. The molecule has 1 nitrogen and oxygen atoms in total. The number of aliphatic hydroxyl groups is 1. The smallest absolute Gasteiger partial charge is 0.0827 e. The van der Waals surface area contributed by atoms with Crippen LogP contribution in [0.3, 0.4) is 0 Å². The summed E-state index contributed by atoms with van der Waals surface area (Å²) < 4.78 is 0. The minimum atomic E-state index is -0.455. The topological polar surface area (TPSA) is 20.2 Å². The lowest BCUT2D eigenvalue weighted by atomic mass is 10.1. The monoisotopic (exact) mass is 180 g/mol. The van der Waals surface area contributed by atoms with E-state index >= 15 is 0 Å². The summed E-state index contributed by atoms with van der Waals surface area (Å²) in [6.07, 6.45) is 7.58. The van der Waals surface area contributed by atoms with E-state index < -0.39 is 6.10 Å². The Morgan fingerprint density at radius 1 is 1.31 bits per heavy atom. The Bertz CT molecular complexity index is 173. The number of hydrogen-bond acceptors (Lipinski definition) is 1. The number of hydrogen-bond donors (Lipinski definition) is 1.